The number of anilines is 1. The lowest BCUT2D eigenvalue weighted by molar-refractivity contribution is -0.130. The van der Waals surface area contributed by atoms with Crippen molar-refractivity contribution in [1.29, 1.82) is 0 Å². The van der Waals surface area contributed by atoms with Gasteiger partial charge < -0.3 is 10.2 Å². The van der Waals surface area contributed by atoms with Gasteiger partial charge in [-0.25, -0.2) is 0 Å². The molecule has 1 saturated heterocycles. The van der Waals surface area contributed by atoms with Gasteiger partial charge in [0.25, 0.3) is 0 Å². The van der Waals surface area contributed by atoms with E-state index in [0.717, 1.165) is 30.6 Å². The molecule has 1 aliphatic heterocycles. The Balaban J connectivity index is 2.12. The number of nitrogens with zero attached hydrogens (tertiary/aromatic N) is 1. The van der Waals surface area contributed by atoms with Gasteiger partial charge >= 0.3 is 0 Å². The van der Waals surface area contributed by atoms with Crippen molar-refractivity contribution >= 4 is 17.5 Å². The number of benzene rings is 1. The van der Waals surface area contributed by atoms with Gasteiger partial charge in [0.05, 0.1) is 6.04 Å². The maximum Gasteiger partial charge on any atom is 0.227 e. The molecule has 22 heavy (non-hydrogen) atoms. The molecule has 0 spiro atoms. The molecule has 0 bridgehead atoms. The zero-order valence-corrected chi connectivity index (χ0v) is 14.0. The summed E-state index contributed by atoms with van der Waals surface area (Å²) in [5.74, 6) is 0.242. The molecule has 0 aliphatic carbocycles. The fourth-order valence-corrected chi connectivity index (χ4v) is 2.52. The van der Waals surface area contributed by atoms with Crippen LogP contribution in [0.2, 0.25) is 0 Å². The molecule has 0 aromatic heterocycles. The molecule has 2 rings (SSSR count). The second kappa shape index (κ2) is 6.51. The lowest BCUT2D eigenvalue weighted by Crippen LogP contribution is -2.38. The van der Waals surface area contributed by atoms with E-state index < -0.39 is 0 Å². The Kier molecular flexibility index (Phi) is 4.89. The average Bonchev–Trinajstić information content (AvgIpc) is 2.93. The van der Waals surface area contributed by atoms with Crippen LogP contribution in [0.5, 0.6) is 0 Å². The highest BCUT2D eigenvalue weighted by atomic mass is 16.2. The van der Waals surface area contributed by atoms with Gasteiger partial charge in [0.1, 0.15) is 0 Å². The quantitative estimate of drug-likeness (QED) is 0.906. The smallest absolute Gasteiger partial charge is 0.227 e. The minimum atomic E-state index is -0.364. The minimum absolute atomic E-state index is 0.0603. The number of hydrogen-bond donors (Lipinski definition) is 1. The molecular formula is C18H26N2O2. The van der Waals surface area contributed by atoms with Gasteiger partial charge in [-0.2, -0.15) is 0 Å². The summed E-state index contributed by atoms with van der Waals surface area (Å²) in [5, 5.41) is 3.07. The van der Waals surface area contributed by atoms with Crippen molar-refractivity contribution < 1.29 is 9.59 Å². The van der Waals surface area contributed by atoms with Crippen molar-refractivity contribution in [1.82, 2.24) is 5.32 Å². The van der Waals surface area contributed by atoms with E-state index in [-0.39, 0.29) is 23.3 Å². The Bertz CT molecular complexity index is 566. The Labute approximate surface area is 132 Å². The molecule has 120 valence electrons. The third-order valence-corrected chi connectivity index (χ3v) is 4.60. The molecule has 1 N–H and O–H groups in total. The second-order valence-corrected chi connectivity index (χ2v) is 6.68. The van der Waals surface area contributed by atoms with Crippen LogP contribution in [0, 0.1) is 5.41 Å². The molecule has 4 heteroatoms. The number of amides is 2. The number of carbonyl (C=O) groups excluding carboxylic acids is 2. The molecule has 2 amide bonds. The summed E-state index contributed by atoms with van der Waals surface area (Å²) in [5.41, 5.74) is 1.59. The van der Waals surface area contributed by atoms with Crippen molar-refractivity contribution in [3.05, 3.63) is 29.8 Å². The van der Waals surface area contributed by atoms with Crippen LogP contribution in [0.25, 0.3) is 0 Å². The zero-order valence-electron chi connectivity index (χ0n) is 14.0. The first-order valence-electron chi connectivity index (χ1n) is 8.06. The van der Waals surface area contributed by atoms with E-state index in [2.05, 4.69) is 5.32 Å². The van der Waals surface area contributed by atoms with Gasteiger partial charge in [0.15, 0.2) is 0 Å². The van der Waals surface area contributed by atoms with Gasteiger partial charge in [0.2, 0.25) is 11.8 Å². The maximum atomic E-state index is 12.3. The highest BCUT2D eigenvalue weighted by Gasteiger charge is 2.27. The molecule has 1 aromatic rings. The summed E-state index contributed by atoms with van der Waals surface area (Å²) in [4.78, 5) is 26.0. The standard InChI is InChI=1S/C18H26N2O2/c1-5-18(3,4)17(22)19-13(2)14-8-6-9-15(12-14)20-11-7-10-16(20)21/h6,8-9,12-13H,5,7,10-11H2,1-4H3,(H,19,22). The van der Waals surface area contributed by atoms with Crippen LogP contribution in [0.1, 0.15) is 58.6 Å². The van der Waals surface area contributed by atoms with Gasteiger partial charge in [-0.15, -0.1) is 0 Å². The van der Waals surface area contributed by atoms with E-state index in [4.69, 9.17) is 0 Å². The first-order valence-corrected chi connectivity index (χ1v) is 8.06. The first kappa shape index (κ1) is 16.5. The van der Waals surface area contributed by atoms with Crippen LogP contribution < -0.4 is 10.2 Å². The fourth-order valence-electron chi connectivity index (χ4n) is 2.52. The van der Waals surface area contributed by atoms with E-state index in [0.29, 0.717) is 6.42 Å². The lowest BCUT2D eigenvalue weighted by Gasteiger charge is -2.25. The predicted molar refractivity (Wildman–Crippen MR) is 88.7 cm³/mol. The Morgan fingerprint density at radius 1 is 1.41 bits per heavy atom. The highest BCUT2D eigenvalue weighted by Crippen LogP contribution is 2.26. The first-order chi connectivity index (χ1) is 10.3. The summed E-state index contributed by atoms with van der Waals surface area (Å²) in [6.07, 6.45) is 2.34. The molecule has 1 atom stereocenters. The normalized spacial score (nSPS) is 16.7. The van der Waals surface area contributed by atoms with Crippen LogP contribution in [0.15, 0.2) is 24.3 Å². The Hall–Kier alpha value is -1.84. The van der Waals surface area contributed by atoms with E-state index in [1.165, 1.54) is 0 Å². The average molecular weight is 302 g/mol. The van der Waals surface area contributed by atoms with Crippen LogP contribution in [0.3, 0.4) is 0 Å². The van der Waals surface area contributed by atoms with Crippen LogP contribution in [-0.2, 0) is 9.59 Å². The number of nitrogens with one attached hydrogen (secondary N) is 1. The summed E-state index contributed by atoms with van der Waals surface area (Å²) < 4.78 is 0. The van der Waals surface area contributed by atoms with Gasteiger partial charge in [0, 0.05) is 24.1 Å². The number of carbonyl (C=O) groups is 2. The molecular weight excluding hydrogens is 276 g/mol. The summed E-state index contributed by atoms with van der Waals surface area (Å²) in [6.45, 7) is 8.69. The summed E-state index contributed by atoms with van der Waals surface area (Å²) >= 11 is 0. The highest BCUT2D eigenvalue weighted by molar-refractivity contribution is 5.95. The second-order valence-electron chi connectivity index (χ2n) is 6.68. The van der Waals surface area contributed by atoms with Crippen molar-refractivity contribution in [2.24, 2.45) is 5.41 Å². The third-order valence-electron chi connectivity index (χ3n) is 4.60. The number of rotatable bonds is 5. The third kappa shape index (κ3) is 3.49. The fraction of sp³-hybridized carbons (Fsp3) is 0.556. The summed E-state index contributed by atoms with van der Waals surface area (Å²) in [6, 6.07) is 7.83. The van der Waals surface area contributed by atoms with Gasteiger partial charge in [-0.3, -0.25) is 9.59 Å². The molecule has 0 radical (unpaired) electrons. The molecule has 1 fully saturated rings. The van der Waals surface area contributed by atoms with E-state index in [1.807, 2.05) is 56.9 Å². The topological polar surface area (TPSA) is 49.4 Å². The molecule has 1 aliphatic rings. The maximum absolute atomic E-state index is 12.3. The van der Waals surface area contributed by atoms with Crippen LogP contribution >= 0.6 is 0 Å². The van der Waals surface area contributed by atoms with Crippen LogP contribution in [0.4, 0.5) is 5.69 Å². The van der Waals surface area contributed by atoms with E-state index >= 15 is 0 Å². The Morgan fingerprint density at radius 3 is 2.73 bits per heavy atom. The number of hydrogen-bond acceptors (Lipinski definition) is 2. The minimum Gasteiger partial charge on any atom is -0.349 e. The predicted octanol–water partition coefficient (Wildman–Crippen LogP) is 3.43. The molecule has 0 saturated carbocycles. The molecule has 1 aromatic carbocycles. The summed E-state index contributed by atoms with van der Waals surface area (Å²) in [7, 11) is 0. The zero-order chi connectivity index (χ0) is 16.3. The van der Waals surface area contributed by atoms with Crippen molar-refractivity contribution in [3.63, 3.8) is 0 Å². The van der Waals surface area contributed by atoms with E-state index in [1.54, 1.807) is 0 Å². The molecule has 1 unspecified atom stereocenters. The van der Waals surface area contributed by atoms with Gasteiger partial charge in [-0.05, 0) is 37.5 Å². The van der Waals surface area contributed by atoms with Gasteiger partial charge in [-0.1, -0.05) is 32.9 Å². The largest absolute Gasteiger partial charge is 0.349 e. The monoisotopic (exact) mass is 302 g/mol. The van der Waals surface area contributed by atoms with Crippen molar-refractivity contribution in [3.8, 4) is 0 Å². The van der Waals surface area contributed by atoms with Crippen LogP contribution in [-0.4, -0.2) is 18.4 Å². The lowest BCUT2D eigenvalue weighted by atomic mass is 9.88. The molecule has 1 heterocycles. The molecule has 4 nitrogen and oxygen atoms in total. The SMILES string of the molecule is CCC(C)(C)C(=O)NC(C)c1cccc(N2CCCC2=O)c1. The van der Waals surface area contributed by atoms with E-state index in [9.17, 15) is 9.59 Å². The van der Waals surface area contributed by atoms with Crippen molar-refractivity contribution in [2.45, 2.75) is 53.0 Å². The van der Waals surface area contributed by atoms with Crippen molar-refractivity contribution in [2.75, 3.05) is 11.4 Å². The Morgan fingerprint density at radius 2 is 2.14 bits per heavy atom.